The summed E-state index contributed by atoms with van der Waals surface area (Å²) >= 11 is 1.52. The third-order valence-electron chi connectivity index (χ3n) is 4.51. The van der Waals surface area contributed by atoms with Gasteiger partial charge in [-0.25, -0.2) is 0 Å². The van der Waals surface area contributed by atoms with Crippen LogP contribution in [0.4, 0.5) is 5.13 Å². The van der Waals surface area contributed by atoms with E-state index in [2.05, 4.69) is 21.0 Å². The normalized spacial score (nSPS) is 32.1. The van der Waals surface area contributed by atoms with Crippen molar-refractivity contribution in [2.75, 3.05) is 12.0 Å². The summed E-state index contributed by atoms with van der Waals surface area (Å²) in [5, 5.41) is 9.89. The third kappa shape index (κ3) is 2.29. The van der Waals surface area contributed by atoms with Crippen molar-refractivity contribution < 1.29 is 9.53 Å². The number of amides is 1. The molecule has 2 N–H and O–H groups in total. The fourth-order valence-corrected chi connectivity index (χ4v) is 4.12. The number of fused-ring (bicyclic) bond motifs is 1. The van der Waals surface area contributed by atoms with Crippen LogP contribution in [0.25, 0.3) is 0 Å². The Morgan fingerprint density at radius 1 is 1.25 bits per heavy atom. The van der Waals surface area contributed by atoms with Gasteiger partial charge in [-0.15, -0.1) is 10.2 Å². The monoisotopic (exact) mass is 294 g/mol. The molecule has 108 valence electrons. The summed E-state index contributed by atoms with van der Waals surface area (Å²) in [5.41, 5.74) is 5.59. The summed E-state index contributed by atoms with van der Waals surface area (Å²) in [6.45, 7) is 0.730. The molecule has 0 spiro atoms. The molecule has 4 rings (SSSR count). The molecule has 1 amide bonds. The molecular formula is C13H18N4O2S. The van der Waals surface area contributed by atoms with Crippen LogP contribution in [0.1, 0.15) is 43.0 Å². The zero-order valence-electron chi connectivity index (χ0n) is 11.2. The van der Waals surface area contributed by atoms with Gasteiger partial charge in [-0.3, -0.25) is 15.6 Å². The van der Waals surface area contributed by atoms with Gasteiger partial charge in [0.25, 0.3) is 5.91 Å². The van der Waals surface area contributed by atoms with Crippen LogP contribution in [0.3, 0.4) is 0 Å². The van der Waals surface area contributed by atoms with Crippen LogP contribution in [0.5, 0.6) is 0 Å². The summed E-state index contributed by atoms with van der Waals surface area (Å²) in [4.78, 5) is 12.2. The van der Waals surface area contributed by atoms with E-state index in [0.29, 0.717) is 22.9 Å². The Labute approximate surface area is 121 Å². The van der Waals surface area contributed by atoms with E-state index in [4.69, 9.17) is 4.74 Å². The fraction of sp³-hybridized carbons (Fsp3) is 0.769. The van der Waals surface area contributed by atoms with Crippen molar-refractivity contribution in [1.29, 1.82) is 0 Å². The van der Waals surface area contributed by atoms with Crippen LogP contribution in [0, 0.1) is 11.8 Å². The van der Waals surface area contributed by atoms with E-state index >= 15 is 0 Å². The Morgan fingerprint density at radius 3 is 3.00 bits per heavy atom. The standard InChI is InChI=1S/C13H18N4O2S/c18-11(10-9-3-1-2-8(9)6-19-10)14-16-13-17-15-12(20-13)7-4-5-7/h7-10H,1-6H2,(H,14,18)(H,16,17). The first-order valence-corrected chi connectivity index (χ1v) is 8.14. The van der Waals surface area contributed by atoms with Gasteiger partial charge in [0.15, 0.2) is 0 Å². The molecule has 3 atom stereocenters. The molecule has 2 heterocycles. The summed E-state index contributed by atoms with van der Waals surface area (Å²) in [6, 6.07) is 0. The van der Waals surface area contributed by atoms with Crippen LogP contribution in [-0.2, 0) is 9.53 Å². The quantitative estimate of drug-likeness (QED) is 0.826. The Hall–Kier alpha value is -1.21. The Balaban J connectivity index is 1.33. The van der Waals surface area contributed by atoms with E-state index in [1.165, 1.54) is 37.0 Å². The van der Waals surface area contributed by atoms with Crippen molar-refractivity contribution in [2.24, 2.45) is 11.8 Å². The first-order chi connectivity index (χ1) is 9.81. The zero-order valence-corrected chi connectivity index (χ0v) is 12.0. The number of hydrogen-bond donors (Lipinski definition) is 2. The lowest BCUT2D eigenvalue weighted by atomic mass is 9.94. The lowest BCUT2D eigenvalue weighted by Crippen LogP contribution is -2.41. The van der Waals surface area contributed by atoms with Gasteiger partial charge in [0.2, 0.25) is 5.13 Å². The second kappa shape index (κ2) is 4.96. The van der Waals surface area contributed by atoms with Crippen LogP contribution in [0.2, 0.25) is 0 Å². The highest BCUT2D eigenvalue weighted by Crippen LogP contribution is 2.42. The van der Waals surface area contributed by atoms with Crippen molar-refractivity contribution >= 4 is 22.4 Å². The zero-order chi connectivity index (χ0) is 13.5. The molecule has 0 bridgehead atoms. The van der Waals surface area contributed by atoms with Crippen molar-refractivity contribution in [1.82, 2.24) is 15.6 Å². The van der Waals surface area contributed by atoms with Crippen LogP contribution in [-0.4, -0.2) is 28.8 Å². The van der Waals surface area contributed by atoms with Crippen LogP contribution >= 0.6 is 11.3 Å². The van der Waals surface area contributed by atoms with E-state index in [1.807, 2.05) is 0 Å². The maximum atomic E-state index is 12.2. The molecule has 1 aromatic heterocycles. The molecule has 2 aliphatic carbocycles. The minimum Gasteiger partial charge on any atom is -0.368 e. The van der Waals surface area contributed by atoms with Gasteiger partial charge in [-0.2, -0.15) is 0 Å². The molecule has 3 aliphatic rings. The largest absolute Gasteiger partial charge is 0.368 e. The van der Waals surface area contributed by atoms with E-state index < -0.39 is 0 Å². The van der Waals surface area contributed by atoms with Crippen LogP contribution in [0.15, 0.2) is 0 Å². The minimum atomic E-state index is -0.300. The van der Waals surface area contributed by atoms with Gasteiger partial charge >= 0.3 is 0 Å². The number of carbonyl (C=O) groups excluding carboxylic acids is 1. The fourth-order valence-electron chi connectivity index (χ4n) is 3.26. The average Bonchev–Trinajstić information content (AvgIpc) is 2.90. The van der Waals surface area contributed by atoms with Gasteiger partial charge in [0.05, 0.1) is 6.61 Å². The molecule has 2 saturated carbocycles. The lowest BCUT2D eigenvalue weighted by molar-refractivity contribution is -0.131. The highest BCUT2D eigenvalue weighted by molar-refractivity contribution is 7.15. The number of nitrogens with zero attached hydrogens (tertiary/aromatic N) is 2. The van der Waals surface area contributed by atoms with Gasteiger partial charge in [0.1, 0.15) is 11.1 Å². The summed E-state index contributed by atoms with van der Waals surface area (Å²) in [7, 11) is 0. The summed E-state index contributed by atoms with van der Waals surface area (Å²) in [6.07, 6.45) is 5.64. The molecule has 6 nitrogen and oxygen atoms in total. The highest BCUT2D eigenvalue weighted by Gasteiger charge is 2.43. The Bertz CT molecular complexity index is 516. The predicted octanol–water partition coefficient (Wildman–Crippen LogP) is 1.67. The second-order valence-corrected chi connectivity index (χ2v) is 6.95. The lowest BCUT2D eigenvalue weighted by Gasteiger charge is -2.16. The maximum Gasteiger partial charge on any atom is 0.267 e. The topological polar surface area (TPSA) is 76.1 Å². The molecule has 7 heteroatoms. The SMILES string of the molecule is O=C(NNc1nnc(C2CC2)s1)C1OCC2CCCC21. The molecular weight excluding hydrogens is 276 g/mol. The molecule has 20 heavy (non-hydrogen) atoms. The van der Waals surface area contributed by atoms with E-state index in [-0.39, 0.29) is 12.0 Å². The van der Waals surface area contributed by atoms with Crippen molar-refractivity contribution in [3.8, 4) is 0 Å². The molecule has 0 radical (unpaired) electrons. The van der Waals surface area contributed by atoms with Gasteiger partial charge in [0, 0.05) is 5.92 Å². The highest BCUT2D eigenvalue weighted by atomic mass is 32.1. The summed E-state index contributed by atoms with van der Waals surface area (Å²) in [5.74, 6) is 1.49. The minimum absolute atomic E-state index is 0.0810. The van der Waals surface area contributed by atoms with E-state index in [0.717, 1.165) is 18.0 Å². The number of carbonyl (C=O) groups is 1. The van der Waals surface area contributed by atoms with Crippen molar-refractivity contribution in [2.45, 2.75) is 44.1 Å². The van der Waals surface area contributed by atoms with Crippen molar-refractivity contribution in [3.05, 3.63) is 5.01 Å². The van der Waals surface area contributed by atoms with Crippen LogP contribution < -0.4 is 10.9 Å². The molecule has 0 aromatic carbocycles. The molecule has 1 aromatic rings. The number of aromatic nitrogens is 2. The number of rotatable bonds is 4. The first kappa shape index (κ1) is 12.5. The smallest absolute Gasteiger partial charge is 0.267 e. The average molecular weight is 294 g/mol. The number of hydrazine groups is 1. The molecule has 3 unspecified atom stereocenters. The number of anilines is 1. The van der Waals surface area contributed by atoms with Crippen molar-refractivity contribution in [3.63, 3.8) is 0 Å². The summed E-state index contributed by atoms with van der Waals surface area (Å²) < 4.78 is 5.64. The molecule has 3 fully saturated rings. The van der Waals surface area contributed by atoms with E-state index in [1.54, 1.807) is 0 Å². The molecule has 1 aliphatic heterocycles. The van der Waals surface area contributed by atoms with Gasteiger partial charge in [-0.05, 0) is 37.5 Å². The van der Waals surface area contributed by atoms with Gasteiger partial charge in [-0.1, -0.05) is 17.8 Å². The second-order valence-electron chi connectivity index (χ2n) is 5.94. The Kier molecular flexibility index (Phi) is 3.11. The number of ether oxygens (including phenoxy) is 1. The third-order valence-corrected chi connectivity index (χ3v) is 5.52. The van der Waals surface area contributed by atoms with Gasteiger partial charge < -0.3 is 4.74 Å². The first-order valence-electron chi connectivity index (χ1n) is 7.32. The maximum absolute atomic E-state index is 12.2. The number of hydrogen-bond acceptors (Lipinski definition) is 6. The Morgan fingerprint density at radius 2 is 2.15 bits per heavy atom. The molecule has 1 saturated heterocycles. The predicted molar refractivity (Wildman–Crippen MR) is 74.2 cm³/mol. The number of nitrogens with one attached hydrogen (secondary N) is 2. The van der Waals surface area contributed by atoms with E-state index in [9.17, 15) is 4.79 Å².